The highest BCUT2D eigenvalue weighted by molar-refractivity contribution is 6.29. The Labute approximate surface area is 86.3 Å². The lowest BCUT2D eigenvalue weighted by molar-refractivity contribution is 0.445. The molecule has 0 bridgehead atoms. The van der Waals surface area contributed by atoms with Crippen LogP contribution in [0, 0.1) is 0 Å². The minimum atomic E-state index is 0.401. The molecule has 0 saturated heterocycles. The van der Waals surface area contributed by atoms with Crippen molar-refractivity contribution in [3.63, 3.8) is 0 Å². The molecule has 0 atom stereocenters. The van der Waals surface area contributed by atoms with Crippen LogP contribution < -0.4 is 4.74 Å². The number of aromatic nitrogens is 2. The largest absolute Gasteiger partial charge is 0.421 e. The minimum absolute atomic E-state index is 0.401. The van der Waals surface area contributed by atoms with E-state index in [9.17, 15) is 0 Å². The summed E-state index contributed by atoms with van der Waals surface area (Å²) in [6.45, 7) is 0. The van der Waals surface area contributed by atoms with E-state index < -0.39 is 0 Å². The van der Waals surface area contributed by atoms with Gasteiger partial charge in [-0.2, -0.15) is 0 Å². The van der Waals surface area contributed by atoms with Gasteiger partial charge in [0.25, 0.3) is 0 Å². The molecule has 0 N–H and O–H groups in total. The second kappa shape index (κ2) is 4.07. The van der Waals surface area contributed by atoms with Gasteiger partial charge in [0.2, 0.25) is 11.8 Å². The normalized spacial score (nSPS) is 9.79. The Kier molecular flexibility index (Phi) is 2.60. The van der Waals surface area contributed by atoms with Crippen LogP contribution in [0.4, 0.5) is 0 Å². The summed E-state index contributed by atoms with van der Waals surface area (Å²) in [5, 5.41) is 0.401. The molecule has 0 radical (unpaired) electrons. The zero-order chi connectivity index (χ0) is 9.80. The smallest absolute Gasteiger partial charge is 0.222 e. The van der Waals surface area contributed by atoms with Crippen molar-refractivity contribution in [1.29, 1.82) is 0 Å². The first kappa shape index (κ1) is 8.97. The number of halogens is 1. The predicted octanol–water partition coefficient (Wildman–Crippen LogP) is 2.92. The van der Waals surface area contributed by atoms with Crippen molar-refractivity contribution in [1.82, 2.24) is 9.97 Å². The maximum absolute atomic E-state index is 5.70. The Bertz CT molecular complexity index is 419. The van der Waals surface area contributed by atoms with Gasteiger partial charge >= 0.3 is 0 Å². The van der Waals surface area contributed by atoms with E-state index in [1.54, 1.807) is 30.5 Å². The number of rotatable bonds is 2. The van der Waals surface area contributed by atoms with Crippen molar-refractivity contribution in [2.75, 3.05) is 0 Å². The third-order valence-corrected chi connectivity index (χ3v) is 1.75. The van der Waals surface area contributed by atoms with E-state index >= 15 is 0 Å². The fraction of sp³-hybridized carbons (Fsp3) is 0. The molecule has 4 heteroatoms. The zero-order valence-electron chi connectivity index (χ0n) is 7.22. The number of pyridine rings is 2. The van der Waals surface area contributed by atoms with Gasteiger partial charge in [-0.15, -0.1) is 0 Å². The molecular weight excluding hydrogens is 200 g/mol. The average molecular weight is 207 g/mol. The lowest BCUT2D eigenvalue weighted by atomic mass is 10.5. The molecule has 2 rings (SSSR count). The summed E-state index contributed by atoms with van der Waals surface area (Å²) in [5.41, 5.74) is 0. The summed E-state index contributed by atoms with van der Waals surface area (Å²) in [6.07, 6.45) is 1.65. The van der Waals surface area contributed by atoms with Crippen LogP contribution in [-0.2, 0) is 0 Å². The van der Waals surface area contributed by atoms with E-state index in [0.29, 0.717) is 16.9 Å². The average Bonchev–Trinajstić information content (AvgIpc) is 2.19. The first-order valence-electron chi connectivity index (χ1n) is 4.06. The molecule has 2 aromatic heterocycles. The lowest BCUT2D eigenvalue weighted by Gasteiger charge is -2.02. The van der Waals surface area contributed by atoms with Crippen molar-refractivity contribution < 1.29 is 4.74 Å². The molecule has 0 aliphatic carbocycles. The number of ether oxygens (including phenoxy) is 1. The third kappa shape index (κ3) is 2.20. The Morgan fingerprint density at radius 1 is 1.00 bits per heavy atom. The van der Waals surface area contributed by atoms with Gasteiger partial charge in [0.1, 0.15) is 5.15 Å². The van der Waals surface area contributed by atoms with Gasteiger partial charge in [-0.05, 0) is 12.1 Å². The summed E-state index contributed by atoms with van der Waals surface area (Å²) in [5.74, 6) is 0.943. The van der Waals surface area contributed by atoms with E-state index in [0.717, 1.165) is 0 Å². The van der Waals surface area contributed by atoms with Crippen LogP contribution in [0.5, 0.6) is 11.8 Å². The molecule has 70 valence electrons. The highest BCUT2D eigenvalue weighted by Crippen LogP contribution is 2.17. The number of hydrogen-bond donors (Lipinski definition) is 0. The predicted molar refractivity (Wildman–Crippen MR) is 53.6 cm³/mol. The van der Waals surface area contributed by atoms with Crippen molar-refractivity contribution in [2.45, 2.75) is 0 Å². The quantitative estimate of drug-likeness (QED) is 0.709. The highest BCUT2D eigenvalue weighted by atomic mass is 35.5. The van der Waals surface area contributed by atoms with E-state index in [1.165, 1.54) is 0 Å². The number of nitrogens with zero attached hydrogens (tertiary/aromatic N) is 2. The molecule has 0 saturated carbocycles. The van der Waals surface area contributed by atoms with Gasteiger partial charge in [0.15, 0.2) is 0 Å². The molecule has 0 spiro atoms. The maximum atomic E-state index is 5.70. The van der Waals surface area contributed by atoms with Crippen LogP contribution in [0.3, 0.4) is 0 Å². The first-order valence-corrected chi connectivity index (χ1v) is 4.44. The van der Waals surface area contributed by atoms with E-state index in [-0.39, 0.29) is 0 Å². The molecular formula is C10H7ClN2O. The Morgan fingerprint density at radius 2 is 1.86 bits per heavy atom. The second-order valence-electron chi connectivity index (χ2n) is 2.57. The highest BCUT2D eigenvalue weighted by Gasteiger charge is 1.98. The van der Waals surface area contributed by atoms with Gasteiger partial charge in [-0.1, -0.05) is 23.7 Å². The van der Waals surface area contributed by atoms with E-state index in [1.807, 2.05) is 12.1 Å². The van der Waals surface area contributed by atoms with Crippen LogP contribution in [0.2, 0.25) is 5.15 Å². The fourth-order valence-corrected chi connectivity index (χ4v) is 1.12. The first-order chi connectivity index (χ1) is 6.84. The van der Waals surface area contributed by atoms with Gasteiger partial charge < -0.3 is 4.74 Å². The topological polar surface area (TPSA) is 35.0 Å². The molecule has 0 fully saturated rings. The Hall–Kier alpha value is -1.61. The summed E-state index contributed by atoms with van der Waals surface area (Å²) < 4.78 is 5.35. The Morgan fingerprint density at radius 3 is 2.57 bits per heavy atom. The summed E-state index contributed by atoms with van der Waals surface area (Å²) in [7, 11) is 0. The molecule has 0 unspecified atom stereocenters. The molecule has 0 aliphatic heterocycles. The SMILES string of the molecule is Clc1cccc(Oc2ccccn2)n1. The summed E-state index contributed by atoms with van der Waals surface area (Å²) in [6, 6.07) is 10.6. The lowest BCUT2D eigenvalue weighted by Crippen LogP contribution is -1.89. The summed E-state index contributed by atoms with van der Waals surface area (Å²) >= 11 is 5.70. The van der Waals surface area contributed by atoms with Crippen LogP contribution >= 0.6 is 11.6 Å². The third-order valence-electron chi connectivity index (χ3n) is 1.54. The zero-order valence-corrected chi connectivity index (χ0v) is 7.98. The van der Waals surface area contributed by atoms with Crippen molar-refractivity contribution in [3.05, 3.63) is 47.7 Å². The van der Waals surface area contributed by atoms with Gasteiger partial charge in [-0.3, -0.25) is 0 Å². The molecule has 14 heavy (non-hydrogen) atoms. The fourth-order valence-electron chi connectivity index (χ4n) is 0.961. The maximum Gasteiger partial charge on any atom is 0.222 e. The van der Waals surface area contributed by atoms with Crippen LogP contribution in [0.25, 0.3) is 0 Å². The summed E-state index contributed by atoms with van der Waals surface area (Å²) in [4.78, 5) is 7.97. The van der Waals surface area contributed by atoms with Crippen LogP contribution in [0.15, 0.2) is 42.6 Å². The number of hydrogen-bond acceptors (Lipinski definition) is 3. The van der Waals surface area contributed by atoms with Crippen molar-refractivity contribution >= 4 is 11.6 Å². The molecule has 2 heterocycles. The molecule has 3 nitrogen and oxygen atoms in total. The monoisotopic (exact) mass is 206 g/mol. The molecule has 0 amide bonds. The molecule has 0 aliphatic rings. The standard InChI is InChI=1S/C10H7ClN2O/c11-8-4-3-6-10(13-8)14-9-5-1-2-7-12-9/h1-7H. The van der Waals surface area contributed by atoms with Crippen LogP contribution in [-0.4, -0.2) is 9.97 Å². The van der Waals surface area contributed by atoms with E-state index in [4.69, 9.17) is 16.3 Å². The molecule has 2 aromatic rings. The molecule has 0 aromatic carbocycles. The van der Waals surface area contributed by atoms with Gasteiger partial charge in [-0.25, -0.2) is 9.97 Å². The van der Waals surface area contributed by atoms with Crippen LogP contribution in [0.1, 0.15) is 0 Å². The minimum Gasteiger partial charge on any atom is -0.421 e. The van der Waals surface area contributed by atoms with Gasteiger partial charge in [0, 0.05) is 18.3 Å². The Balaban J connectivity index is 2.19. The van der Waals surface area contributed by atoms with Crippen molar-refractivity contribution in [3.8, 4) is 11.8 Å². The second-order valence-corrected chi connectivity index (χ2v) is 2.96. The van der Waals surface area contributed by atoms with Gasteiger partial charge in [0.05, 0.1) is 0 Å². The van der Waals surface area contributed by atoms with E-state index in [2.05, 4.69) is 9.97 Å². The van der Waals surface area contributed by atoms with Crippen molar-refractivity contribution in [2.24, 2.45) is 0 Å².